The lowest BCUT2D eigenvalue weighted by Gasteiger charge is -2.08. The van der Waals surface area contributed by atoms with Crippen LogP contribution in [-0.4, -0.2) is 26.1 Å². The number of imidazole rings is 1. The van der Waals surface area contributed by atoms with Crippen molar-refractivity contribution in [1.82, 2.24) is 19.4 Å². The molecule has 1 N–H and O–H groups in total. The van der Waals surface area contributed by atoms with E-state index in [2.05, 4.69) is 10.3 Å². The first-order valence-electron chi connectivity index (χ1n) is 7.42. The van der Waals surface area contributed by atoms with Crippen LogP contribution >= 0.6 is 0 Å². The monoisotopic (exact) mass is 314 g/mol. The van der Waals surface area contributed by atoms with E-state index in [0.717, 1.165) is 0 Å². The van der Waals surface area contributed by atoms with Gasteiger partial charge >= 0.3 is 5.69 Å². The zero-order chi connectivity index (χ0) is 16.4. The summed E-state index contributed by atoms with van der Waals surface area (Å²) in [5.74, 6) is 0.450. The molecule has 0 aliphatic heterocycles. The molecule has 23 heavy (non-hydrogen) atoms. The standard InChI is InChI=1S/C16H18N4O3/c1-11(2)18-14(21)10-19-13-6-3-7-17-15(13)20(16(19)22)9-12-5-4-8-23-12/h3-8,11H,9-10H2,1-2H3,(H,18,21). The minimum atomic E-state index is -0.283. The summed E-state index contributed by atoms with van der Waals surface area (Å²) in [6, 6.07) is 7.11. The van der Waals surface area contributed by atoms with E-state index in [1.54, 1.807) is 36.7 Å². The molecule has 7 heteroatoms. The second-order valence-electron chi connectivity index (χ2n) is 5.60. The van der Waals surface area contributed by atoms with E-state index in [0.29, 0.717) is 16.9 Å². The smallest absolute Gasteiger partial charge is 0.331 e. The van der Waals surface area contributed by atoms with Gasteiger partial charge in [-0.1, -0.05) is 0 Å². The molecule has 0 aromatic carbocycles. The predicted octanol–water partition coefficient (Wildman–Crippen LogP) is 1.36. The molecule has 3 aromatic heterocycles. The average molecular weight is 314 g/mol. The quantitative estimate of drug-likeness (QED) is 0.771. The molecule has 0 aliphatic rings. The third-order valence-electron chi connectivity index (χ3n) is 3.42. The highest BCUT2D eigenvalue weighted by Gasteiger charge is 2.17. The number of rotatable bonds is 5. The highest BCUT2D eigenvalue weighted by molar-refractivity contribution is 5.79. The maximum atomic E-state index is 12.7. The van der Waals surface area contributed by atoms with Crippen LogP contribution in [0, 0.1) is 0 Å². The van der Waals surface area contributed by atoms with E-state index in [1.165, 1.54) is 9.13 Å². The van der Waals surface area contributed by atoms with Crippen LogP contribution in [0.5, 0.6) is 0 Å². The maximum Gasteiger partial charge on any atom is 0.331 e. The van der Waals surface area contributed by atoms with Crippen LogP contribution in [0.2, 0.25) is 0 Å². The van der Waals surface area contributed by atoms with Gasteiger partial charge in [0.2, 0.25) is 5.91 Å². The first kappa shape index (κ1) is 15.1. The zero-order valence-corrected chi connectivity index (χ0v) is 13.0. The van der Waals surface area contributed by atoms with Gasteiger partial charge in [0.15, 0.2) is 5.65 Å². The Bertz CT molecular complexity index is 875. The van der Waals surface area contributed by atoms with Crippen molar-refractivity contribution in [2.24, 2.45) is 0 Å². The second kappa shape index (κ2) is 6.12. The fourth-order valence-corrected chi connectivity index (χ4v) is 2.51. The van der Waals surface area contributed by atoms with Crippen LogP contribution < -0.4 is 11.0 Å². The van der Waals surface area contributed by atoms with Gasteiger partial charge in [-0.2, -0.15) is 0 Å². The van der Waals surface area contributed by atoms with Crippen LogP contribution in [0.3, 0.4) is 0 Å². The topological polar surface area (TPSA) is 82.1 Å². The van der Waals surface area contributed by atoms with Crippen molar-refractivity contribution in [3.63, 3.8) is 0 Å². The first-order valence-corrected chi connectivity index (χ1v) is 7.42. The van der Waals surface area contributed by atoms with Gasteiger partial charge in [-0.05, 0) is 38.1 Å². The summed E-state index contributed by atoms with van der Waals surface area (Å²) >= 11 is 0. The molecule has 3 aromatic rings. The molecule has 120 valence electrons. The molecule has 1 amide bonds. The molecular weight excluding hydrogens is 296 g/mol. The van der Waals surface area contributed by atoms with Crippen molar-refractivity contribution in [1.29, 1.82) is 0 Å². The number of nitrogens with zero attached hydrogens (tertiary/aromatic N) is 3. The van der Waals surface area contributed by atoms with E-state index in [-0.39, 0.29) is 30.7 Å². The van der Waals surface area contributed by atoms with Gasteiger partial charge < -0.3 is 9.73 Å². The minimum absolute atomic E-state index is 0.0211. The lowest BCUT2D eigenvalue weighted by Crippen LogP contribution is -2.36. The molecule has 0 saturated heterocycles. The number of hydrogen-bond acceptors (Lipinski definition) is 4. The van der Waals surface area contributed by atoms with Gasteiger partial charge in [0.1, 0.15) is 12.3 Å². The van der Waals surface area contributed by atoms with Gasteiger partial charge in [-0.3, -0.25) is 13.9 Å². The van der Waals surface area contributed by atoms with Crippen molar-refractivity contribution in [2.75, 3.05) is 0 Å². The first-order chi connectivity index (χ1) is 11.1. The largest absolute Gasteiger partial charge is 0.467 e. The Morgan fingerprint density at radius 2 is 2.13 bits per heavy atom. The number of amides is 1. The number of furan rings is 1. The fourth-order valence-electron chi connectivity index (χ4n) is 2.51. The molecule has 0 saturated carbocycles. The number of fused-ring (bicyclic) bond motifs is 1. The number of nitrogens with one attached hydrogen (secondary N) is 1. The molecule has 7 nitrogen and oxygen atoms in total. The molecule has 0 atom stereocenters. The van der Waals surface area contributed by atoms with Crippen molar-refractivity contribution < 1.29 is 9.21 Å². The van der Waals surface area contributed by atoms with Gasteiger partial charge in [-0.25, -0.2) is 9.78 Å². The van der Waals surface area contributed by atoms with Crippen LogP contribution in [-0.2, 0) is 17.9 Å². The van der Waals surface area contributed by atoms with Gasteiger partial charge in [0, 0.05) is 12.2 Å². The molecule has 0 spiro atoms. The Hall–Kier alpha value is -2.83. The molecule has 3 rings (SSSR count). The minimum Gasteiger partial charge on any atom is -0.467 e. The highest BCUT2D eigenvalue weighted by Crippen LogP contribution is 2.12. The average Bonchev–Trinajstić information content (AvgIpc) is 3.10. The molecule has 0 fully saturated rings. The molecule has 0 aliphatic carbocycles. The summed E-state index contributed by atoms with van der Waals surface area (Å²) < 4.78 is 8.25. The van der Waals surface area contributed by atoms with Crippen LogP contribution in [0.15, 0.2) is 45.9 Å². The Balaban J connectivity index is 2.03. The van der Waals surface area contributed by atoms with E-state index >= 15 is 0 Å². The molecule has 0 radical (unpaired) electrons. The highest BCUT2D eigenvalue weighted by atomic mass is 16.3. The fraction of sp³-hybridized carbons (Fsp3) is 0.312. The summed E-state index contributed by atoms with van der Waals surface area (Å²) in [7, 11) is 0. The Kier molecular flexibility index (Phi) is 4.01. The molecular formula is C16H18N4O3. The number of carbonyl (C=O) groups excluding carboxylic acids is 1. The Morgan fingerprint density at radius 1 is 1.30 bits per heavy atom. The summed E-state index contributed by atoms with van der Waals surface area (Å²) in [5, 5.41) is 2.79. The van der Waals surface area contributed by atoms with Crippen molar-refractivity contribution >= 4 is 17.1 Å². The van der Waals surface area contributed by atoms with Crippen LogP contribution in [0.1, 0.15) is 19.6 Å². The molecule has 3 heterocycles. The predicted molar refractivity (Wildman–Crippen MR) is 85.1 cm³/mol. The molecule has 0 unspecified atom stereocenters. The van der Waals surface area contributed by atoms with Gasteiger partial charge in [-0.15, -0.1) is 0 Å². The summed E-state index contributed by atoms with van der Waals surface area (Å²) in [4.78, 5) is 29.0. The number of carbonyl (C=O) groups is 1. The second-order valence-corrected chi connectivity index (χ2v) is 5.60. The van der Waals surface area contributed by atoms with Gasteiger partial charge in [0.25, 0.3) is 0 Å². The van der Waals surface area contributed by atoms with E-state index < -0.39 is 0 Å². The SMILES string of the molecule is CC(C)NC(=O)Cn1c(=O)n(Cc2ccco2)c2ncccc21. The van der Waals surface area contributed by atoms with Crippen LogP contribution in [0.25, 0.3) is 11.2 Å². The van der Waals surface area contributed by atoms with E-state index in [1.807, 2.05) is 13.8 Å². The van der Waals surface area contributed by atoms with E-state index in [9.17, 15) is 9.59 Å². The number of hydrogen-bond donors (Lipinski definition) is 1. The Morgan fingerprint density at radius 3 is 2.83 bits per heavy atom. The number of pyridine rings is 1. The third-order valence-corrected chi connectivity index (χ3v) is 3.42. The third kappa shape index (κ3) is 3.03. The lowest BCUT2D eigenvalue weighted by atomic mass is 10.4. The zero-order valence-electron chi connectivity index (χ0n) is 13.0. The normalized spacial score (nSPS) is 11.3. The molecule has 0 bridgehead atoms. The van der Waals surface area contributed by atoms with Crippen molar-refractivity contribution in [3.8, 4) is 0 Å². The summed E-state index contributed by atoms with van der Waals surface area (Å²) in [6.45, 7) is 3.99. The summed E-state index contributed by atoms with van der Waals surface area (Å²) in [5.41, 5.74) is 0.878. The Labute approximate surface area is 132 Å². The van der Waals surface area contributed by atoms with E-state index in [4.69, 9.17) is 4.42 Å². The summed E-state index contributed by atoms with van der Waals surface area (Å²) in [6.07, 6.45) is 3.18. The van der Waals surface area contributed by atoms with Gasteiger partial charge in [0.05, 0.1) is 18.3 Å². The lowest BCUT2D eigenvalue weighted by molar-refractivity contribution is -0.122. The van der Waals surface area contributed by atoms with Crippen LogP contribution in [0.4, 0.5) is 0 Å². The maximum absolute atomic E-state index is 12.7. The van der Waals surface area contributed by atoms with Crippen molar-refractivity contribution in [3.05, 3.63) is 53.0 Å². The van der Waals surface area contributed by atoms with Crippen molar-refractivity contribution in [2.45, 2.75) is 33.0 Å². The number of aromatic nitrogens is 3.